The van der Waals surface area contributed by atoms with E-state index in [0.29, 0.717) is 5.56 Å². The van der Waals surface area contributed by atoms with Gasteiger partial charge >= 0.3 is 5.97 Å². The first-order valence-electron chi connectivity index (χ1n) is 12.7. The van der Waals surface area contributed by atoms with Gasteiger partial charge in [0.2, 0.25) is 6.29 Å². The summed E-state index contributed by atoms with van der Waals surface area (Å²) in [4.78, 5) is 25.1. The number of rotatable bonds is 6. The lowest BCUT2D eigenvalue weighted by atomic mass is 9.99. The second kappa shape index (κ2) is 11.4. The Labute approximate surface area is 237 Å². The Balaban J connectivity index is 1.36. The molecule has 4 aromatic rings. The van der Waals surface area contributed by atoms with Crippen molar-refractivity contribution in [3.63, 3.8) is 0 Å². The van der Waals surface area contributed by atoms with Crippen molar-refractivity contribution in [1.82, 2.24) is 0 Å². The van der Waals surface area contributed by atoms with Gasteiger partial charge in [0.05, 0.1) is 6.10 Å². The zero-order chi connectivity index (χ0) is 30.1. The van der Waals surface area contributed by atoms with Crippen LogP contribution in [0.3, 0.4) is 0 Å². The third kappa shape index (κ3) is 5.86. The molecule has 12 heteroatoms. The Morgan fingerprint density at radius 3 is 2.36 bits per heavy atom. The Bertz CT molecular complexity index is 1710. The Kier molecular flexibility index (Phi) is 7.77. The average molecular weight is 579 g/mol. The summed E-state index contributed by atoms with van der Waals surface area (Å²) >= 11 is 0. The normalized spacial score (nSPS) is 22.3. The third-order valence-corrected chi connectivity index (χ3v) is 6.62. The number of carbonyl (C=O) groups excluding carboxylic acids is 1. The van der Waals surface area contributed by atoms with Crippen LogP contribution in [0.2, 0.25) is 0 Å². The van der Waals surface area contributed by atoms with Crippen LogP contribution in [0.5, 0.6) is 28.7 Å². The van der Waals surface area contributed by atoms with Crippen molar-refractivity contribution in [2.75, 3.05) is 0 Å². The summed E-state index contributed by atoms with van der Waals surface area (Å²) in [6, 6.07) is 13.3. The molecule has 1 fully saturated rings. The number of aliphatic hydroxyl groups excluding tert-OH is 2. The lowest BCUT2D eigenvalue weighted by Gasteiger charge is -2.40. The van der Waals surface area contributed by atoms with Gasteiger partial charge < -0.3 is 49.3 Å². The highest BCUT2D eigenvalue weighted by atomic mass is 16.7. The Morgan fingerprint density at radius 2 is 1.62 bits per heavy atom. The van der Waals surface area contributed by atoms with Gasteiger partial charge in [0, 0.05) is 29.8 Å². The molecule has 1 aliphatic heterocycles. The molecule has 0 unspecified atom stereocenters. The minimum absolute atomic E-state index is 0.0171. The van der Waals surface area contributed by atoms with E-state index in [9.17, 15) is 40.2 Å². The molecule has 1 saturated heterocycles. The number of fused-ring (bicyclic) bond motifs is 1. The van der Waals surface area contributed by atoms with E-state index >= 15 is 0 Å². The first kappa shape index (κ1) is 28.5. The number of hydrogen-bond acceptors (Lipinski definition) is 12. The van der Waals surface area contributed by atoms with Crippen LogP contribution in [0.15, 0.2) is 76.0 Å². The molecule has 12 nitrogen and oxygen atoms in total. The van der Waals surface area contributed by atoms with Crippen LogP contribution in [-0.4, -0.2) is 67.3 Å². The van der Waals surface area contributed by atoms with Crippen molar-refractivity contribution in [2.24, 2.45) is 0 Å². The Morgan fingerprint density at radius 1 is 0.881 bits per heavy atom. The number of carbonyl (C=O) groups is 1. The molecule has 1 aromatic heterocycles. The number of phenols is 4. The SMILES string of the molecule is C[C@@H]1O[C@@H](Oc2cc(-c3cc(=O)c4c(O)cc(O)cc4o3)ccc2O)[C@H](O)[C@H](OC(=O)/C=C/c2ccc(O)cc2)[C@H]1O. The van der Waals surface area contributed by atoms with Crippen LogP contribution in [0, 0.1) is 0 Å². The maximum Gasteiger partial charge on any atom is 0.331 e. The highest BCUT2D eigenvalue weighted by Crippen LogP contribution is 2.36. The Hall–Kier alpha value is -5.04. The van der Waals surface area contributed by atoms with Crippen LogP contribution in [-0.2, 0) is 14.3 Å². The molecule has 42 heavy (non-hydrogen) atoms. The summed E-state index contributed by atoms with van der Waals surface area (Å²) in [5, 5.41) is 61.0. The van der Waals surface area contributed by atoms with E-state index in [-0.39, 0.29) is 45.3 Å². The lowest BCUT2D eigenvalue weighted by Crippen LogP contribution is -2.59. The van der Waals surface area contributed by atoms with Crippen molar-refractivity contribution in [2.45, 2.75) is 37.6 Å². The predicted octanol–water partition coefficient (Wildman–Crippen LogP) is 2.75. The van der Waals surface area contributed by atoms with Crippen molar-refractivity contribution >= 4 is 23.0 Å². The standard InChI is InChI=1S/C30H26O12/c1-14-27(37)29(42-25(36)9-4-15-2-6-17(31)7-3-15)28(38)30(39-14)41-23-10-16(5-8-19(23)33)22-13-21(35)26-20(34)11-18(32)12-24(26)40-22/h2-14,27-34,37-38H,1H3/b9-4+/t14-,27-,28+,29+,30-/m0/s1. The molecule has 5 atom stereocenters. The molecule has 3 aromatic carbocycles. The maximum atomic E-state index is 12.6. The zero-order valence-electron chi connectivity index (χ0n) is 21.9. The fourth-order valence-electron chi connectivity index (χ4n) is 4.44. The number of phenolic OH excluding ortho intramolecular Hbond substituents is 4. The minimum atomic E-state index is -1.69. The first-order valence-corrected chi connectivity index (χ1v) is 12.7. The molecule has 218 valence electrons. The molecule has 0 radical (unpaired) electrons. The summed E-state index contributed by atoms with van der Waals surface area (Å²) in [5.41, 5.74) is 0.185. The van der Waals surface area contributed by atoms with E-state index in [0.717, 1.165) is 24.3 Å². The largest absolute Gasteiger partial charge is 0.508 e. The summed E-state index contributed by atoms with van der Waals surface area (Å²) in [5.74, 6) is -2.12. The minimum Gasteiger partial charge on any atom is -0.508 e. The van der Waals surface area contributed by atoms with E-state index in [4.69, 9.17) is 18.6 Å². The van der Waals surface area contributed by atoms with Gasteiger partial charge in [-0.15, -0.1) is 0 Å². The van der Waals surface area contributed by atoms with E-state index in [1.54, 1.807) is 12.1 Å². The molecule has 0 aliphatic carbocycles. The third-order valence-electron chi connectivity index (χ3n) is 6.62. The van der Waals surface area contributed by atoms with Gasteiger partial charge in [0.25, 0.3) is 0 Å². The molecule has 0 saturated carbocycles. The highest BCUT2D eigenvalue weighted by Gasteiger charge is 2.46. The van der Waals surface area contributed by atoms with Gasteiger partial charge in [-0.1, -0.05) is 12.1 Å². The molecule has 6 N–H and O–H groups in total. The molecule has 5 rings (SSSR count). The topological polar surface area (TPSA) is 196 Å². The summed E-state index contributed by atoms with van der Waals surface area (Å²) in [6.07, 6.45) is -4.49. The van der Waals surface area contributed by atoms with Crippen molar-refractivity contribution in [3.05, 3.63) is 82.5 Å². The first-order chi connectivity index (χ1) is 20.0. The van der Waals surface area contributed by atoms with Crippen LogP contribution in [0.25, 0.3) is 28.4 Å². The fraction of sp³-hybridized carbons (Fsp3) is 0.200. The second-order valence-corrected chi connectivity index (χ2v) is 9.63. The van der Waals surface area contributed by atoms with Gasteiger partial charge in [-0.2, -0.15) is 0 Å². The molecule has 0 bridgehead atoms. The molecule has 0 spiro atoms. The average Bonchev–Trinajstić information content (AvgIpc) is 2.94. The number of aromatic hydroxyl groups is 4. The number of benzene rings is 3. The van der Waals surface area contributed by atoms with Crippen molar-refractivity contribution in [1.29, 1.82) is 0 Å². The molecule has 0 amide bonds. The van der Waals surface area contributed by atoms with Crippen molar-refractivity contribution in [3.8, 4) is 40.1 Å². The van der Waals surface area contributed by atoms with Crippen LogP contribution in [0.4, 0.5) is 0 Å². The van der Waals surface area contributed by atoms with E-state index in [1.807, 2.05) is 0 Å². The van der Waals surface area contributed by atoms with Gasteiger partial charge in [0.1, 0.15) is 40.1 Å². The van der Waals surface area contributed by atoms with E-state index < -0.39 is 47.9 Å². The summed E-state index contributed by atoms with van der Waals surface area (Å²) in [7, 11) is 0. The number of esters is 1. The zero-order valence-corrected chi connectivity index (χ0v) is 21.9. The number of aliphatic hydroxyl groups is 2. The highest BCUT2D eigenvalue weighted by molar-refractivity contribution is 5.87. The van der Waals surface area contributed by atoms with Gasteiger partial charge in [-0.05, 0) is 48.9 Å². The molecular weight excluding hydrogens is 552 g/mol. The van der Waals surface area contributed by atoms with Gasteiger partial charge in [-0.25, -0.2) is 4.79 Å². The monoisotopic (exact) mass is 578 g/mol. The van der Waals surface area contributed by atoms with Crippen LogP contribution < -0.4 is 10.2 Å². The van der Waals surface area contributed by atoms with Gasteiger partial charge in [-0.3, -0.25) is 4.79 Å². The van der Waals surface area contributed by atoms with Crippen LogP contribution in [0.1, 0.15) is 12.5 Å². The summed E-state index contributed by atoms with van der Waals surface area (Å²) in [6.45, 7) is 1.48. The van der Waals surface area contributed by atoms with E-state index in [1.165, 1.54) is 43.3 Å². The predicted molar refractivity (Wildman–Crippen MR) is 147 cm³/mol. The molecule has 2 heterocycles. The smallest absolute Gasteiger partial charge is 0.331 e. The quantitative estimate of drug-likeness (QED) is 0.145. The molecular formula is C30H26O12. The second-order valence-electron chi connectivity index (χ2n) is 9.63. The number of ether oxygens (including phenoxy) is 3. The maximum absolute atomic E-state index is 12.6. The number of hydrogen-bond donors (Lipinski definition) is 6. The summed E-state index contributed by atoms with van der Waals surface area (Å²) < 4.78 is 22.3. The van der Waals surface area contributed by atoms with Crippen molar-refractivity contribution < 1.29 is 54.1 Å². The fourth-order valence-corrected chi connectivity index (χ4v) is 4.44. The molecule has 1 aliphatic rings. The van der Waals surface area contributed by atoms with E-state index in [2.05, 4.69) is 0 Å². The lowest BCUT2D eigenvalue weighted by molar-refractivity contribution is -0.271. The van der Waals surface area contributed by atoms with Crippen LogP contribution >= 0.6 is 0 Å². The van der Waals surface area contributed by atoms with Gasteiger partial charge in [0.15, 0.2) is 29.1 Å².